The summed E-state index contributed by atoms with van der Waals surface area (Å²) < 4.78 is 5.48. The third-order valence-corrected chi connectivity index (χ3v) is 8.07. The highest BCUT2D eigenvalue weighted by atomic mass is 31.1. The van der Waals surface area contributed by atoms with E-state index in [1.165, 1.54) is 111 Å². The Morgan fingerprint density at radius 2 is 1.03 bits per heavy atom. The average Bonchev–Trinajstić information content (AvgIpc) is 2.78. The Hall–Kier alpha value is 0.390. The second-order valence-corrected chi connectivity index (χ2v) is 11.1. The molecule has 1 nitrogen and oxygen atoms in total. The molecule has 0 aromatic carbocycles. The van der Waals surface area contributed by atoms with Crippen LogP contribution < -0.4 is 0 Å². The van der Waals surface area contributed by atoms with Crippen molar-refractivity contribution in [2.75, 3.05) is 19.4 Å². The zero-order valence-corrected chi connectivity index (χ0v) is 22.1. The SMILES string of the molecule is CC.CC1CCCCC1.CC1CCCCC1.CCCOCCPC1CCCCC1. The van der Waals surface area contributed by atoms with Crippen molar-refractivity contribution in [3.05, 3.63) is 0 Å². The van der Waals surface area contributed by atoms with Gasteiger partial charge in [-0.05, 0) is 42.9 Å². The van der Waals surface area contributed by atoms with Gasteiger partial charge in [-0.15, -0.1) is 8.58 Å². The van der Waals surface area contributed by atoms with Crippen LogP contribution >= 0.6 is 8.58 Å². The van der Waals surface area contributed by atoms with Crippen LogP contribution in [0.4, 0.5) is 0 Å². The molecule has 0 heterocycles. The van der Waals surface area contributed by atoms with Crippen molar-refractivity contribution >= 4 is 8.58 Å². The number of hydrogen-bond donors (Lipinski definition) is 0. The molecule has 0 N–H and O–H groups in total. The van der Waals surface area contributed by atoms with Crippen LogP contribution in [0.5, 0.6) is 0 Å². The van der Waals surface area contributed by atoms with Gasteiger partial charge < -0.3 is 4.74 Å². The molecule has 0 aromatic heterocycles. The van der Waals surface area contributed by atoms with Gasteiger partial charge >= 0.3 is 0 Å². The van der Waals surface area contributed by atoms with Crippen molar-refractivity contribution in [3.8, 4) is 0 Å². The van der Waals surface area contributed by atoms with Crippen molar-refractivity contribution < 1.29 is 4.74 Å². The van der Waals surface area contributed by atoms with E-state index in [2.05, 4.69) is 20.8 Å². The lowest BCUT2D eigenvalue weighted by Gasteiger charge is -2.21. The van der Waals surface area contributed by atoms with Crippen molar-refractivity contribution in [2.24, 2.45) is 11.8 Å². The highest BCUT2D eigenvalue weighted by molar-refractivity contribution is 7.38. The topological polar surface area (TPSA) is 9.23 Å². The van der Waals surface area contributed by atoms with E-state index in [0.717, 1.165) is 37.1 Å². The summed E-state index contributed by atoms with van der Waals surface area (Å²) in [6, 6.07) is 0. The van der Waals surface area contributed by atoms with Gasteiger partial charge in [-0.3, -0.25) is 0 Å². The average molecular weight is 429 g/mol. The van der Waals surface area contributed by atoms with E-state index < -0.39 is 0 Å². The highest BCUT2D eigenvalue weighted by Gasteiger charge is 2.12. The second kappa shape index (κ2) is 23.1. The fourth-order valence-corrected chi connectivity index (χ4v) is 5.99. The molecule has 29 heavy (non-hydrogen) atoms. The zero-order valence-electron chi connectivity index (χ0n) is 21.1. The molecule has 2 heteroatoms. The summed E-state index contributed by atoms with van der Waals surface area (Å²) in [4.78, 5) is 0. The van der Waals surface area contributed by atoms with Gasteiger partial charge in [0.2, 0.25) is 0 Å². The summed E-state index contributed by atoms with van der Waals surface area (Å²) in [5.41, 5.74) is 1.05. The van der Waals surface area contributed by atoms with Gasteiger partial charge in [0, 0.05) is 6.61 Å². The summed E-state index contributed by atoms with van der Waals surface area (Å²) in [7, 11) is 1.17. The molecule has 3 aliphatic rings. The van der Waals surface area contributed by atoms with Crippen LogP contribution in [0, 0.1) is 11.8 Å². The van der Waals surface area contributed by atoms with Crippen LogP contribution in [0.3, 0.4) is 0 Å². The predicted octanol–water partition coefficient (Wildman–Crippen LogP) is 9.62. The van der Waals surface area contributed by atoms with Gasteiger partial charge in [0.25, 0.3) is 0 Å². The molecule has 0 spiro atoms. The maximum atomic E-state index is 5.48. The van der Waals surface area contributed by atoms with Crippen LogP contribution in [0.2, 0.25) is 0 Å². The number of rotatable bonds is 6. The van der Waals surface area contributed by atoms with Gasteiger partial charge in [-0.1, -0.05) is 118 Å². The van der Waals surface area contributed by atoms with E-state index in [4.69, 9.17) is 4.74 Å². The quantitative estimate of drug-likeness (QED) is 0.302. The second-order valence-electron chi connectivity index (χ2n) is 9.39. The first-order valence-electron chi connectivity index (χ1n) is 13.5. The molecule has 0 radical (unpaired) electrons. The zero-order chi connectivity index (χ0) is 21.6. The molecule has 0 bridgehead atoms. The van der Waals surface area contributed by atoms with Crippen molar-refractivity contribution in [2.45, 2.75) is 143 Å². The minimum Gasteiger partial charge on any atom is -0.381 e. The summed E-state index contributed by atoms with van der Waals surface area (Å²) in [5, 5.41) is 0. The monoisotopic (exact) mass is 428 g/mol. The lowest BCUT2D eigenvalue weighted by Crippen LogP contribution is -2.08. The van der Waals surface area contributed by atoms with E-state index >= 15 is 0 Å². The molecule has 0 aliphatic heterocycles. The molecule has 3 fully saturated rings. The fourth-order valence-electron chi connectivity index (χ4n) is 4.50. The van der Waals surface area contributed by atoms with Crippen LogP contribution in [-0.2, 0) is 4.74 Å². The first-order valence-corrected chi connectivity index (χ1v) is 14.8. The standard InChI is InChI=1S/C11H23OP.2C7H14.C2H6/c1-2-8-12-9-10-13-11-6-4-3-5-7-11;2*1-7-5-3-2-4-6-7;1-2/h11,13H,2-10H2,1H3;2*7H,2-6H2,1H3;1-2H3. The molecule has 1 atom stereocenters. The summed E-state index contributed by atoms with van der Waals surface area (Å²) in [6.07, 6.45) is 24.8. The predicted molar refractivity (Wildman–Crippen MR) is 137 cm³/mol. The summed E-state index contributed by atoms with van der Waals surface area (Å²) in [6.45, 7) is 12.8. The third kappa shape index (κ3) is 20.1. The third-order valence-electron chi connectivity index (χ3n) is 6.42. The molecular weight excluding hydrogens is 371 g/mol. The maximum Gasteiger partial charge on any atom is 0.0502 e. The highest BCUT2D eigenvalue weighted by Crippen LogP contribution is 2.32. The van der Waals surface area contributed by atoms with Crippen LogP contribution in [0.15, 0.2) is 0 Å². The minimum absolute atomic E-state index is 0.954. The van der Waals surface area contributed by atoms with Gasteiger partial charge in [-0.2, -0.15) is 0 Å². The first kappa shape index (κ1) is 29.4. The summed E-state index contributed by atoms with van der Waals surface area (Å²) in [5.74, 6) is 2.07. The Labute approximate surface area is 187 Å². The van der Waals surface area contributed by atoms with E-state index in [1.54, 1.807) is 0 Å². The molecule has 0 aromatic rings. The van der Waals surface area contributed by atoms with Crippen molar-refractivity contribution in [3.63, 3.8) is 0 Å². The van der Waals surface area contributed by atoms with Gasteiger partial charge in [-0.25, -0.2) is 0 Å². The van der Waals surface area contributed by atoms with Crippen LogP contribution in [-0.4, -0.2) is 25.0 Å². The van der Waals surface area contributed by atoms with E-state index in [-0.39, 0.29) is 0 Å². The molecular formula is C27H57OP. The molecule has 0 amide bonds. The van der Waals surface area contributed by atoms with Crippen molar-refractivity contribution in [1.82, 2.24) is 0 Å². The fraction of sp³-hybridized carbons (Fsp3) is 1.00. The molecule has 3 aliphatic carbocycles. The first-order chi connectivity index (χ1) is 14.2. The van der Waals surface area contributed by atoms with Crippen molar-refractivity contribution in [1.29, 1.82) is 0 Å². The van der Waals surface area contributed by atoms with Crippen LogP contribution in [0.1, 0.15) is 137 Å². The maximum absolute atomic E-state index is 5.48. The lowest BCUT2D eigenvalue weighted by atomic mass is 9.91. The van der Waals surface area contributed by atoms with Gasteiger partial charge in [0.15, 0.2) is 0 Å². The largest absolute Gasteiger partial charge is 0.381 e. The number of hydrogen-bond acceptors (Lipinski definition) is 1. The number of ether oxygens (including phenoxy) is 1. The molecule has 3 rings (SSSR count). The summed E-state index contributed by atoms with van der Waals surface area (Å²) >= 11 is 0. The molecule has 176 valence electrons. The smallest absolute Gasteiger partial charge is 0.0502 e. The van der Waals surface area contributed by atoms with E-state index in [0.29, 0.717) is 0 Å². The normalized spacial score (nSPS) is 21.4. The van der Waals surface area contributed by atoms with Gasteiger partial charge in [0.1, 0.15) is 0 Å². The minimum atomic E-state index is 0.954. The Bertz CT molecular complexity index is 273. The lowest BCUT2D eigenvalue weighted by molar-refractivity contribution is 0.150. The Morgan fingerprint density at radius 1 is 0.621 bits per heavy atom. The molecule has 3 saturated carbocycles. The van der Waals surface area contributed by atoms with E-state index in [1.807, 2.05) is 13.8 Å². The molecule has 0 saturated heterocycles. The molecule has 1 unspecified atom stereocenters. The van der Waals surface area contributed by atoms with Gasteiger partial charge in [0.05, 0.1) is 6.61 Å². The van der Waals surface area contributed by atoms with E-state index in [9.17, 15) is 0 Å². The Morgan fingerprint density at radius 3 is 1.38 bits per heavy atom. The Kier molecular flexibility index (Phi) is 23.4. The Balaban J connectivity index is 0.000000416. The van der Waals surface area contributed by atoms with Crippen LogP contribution in [0.25, 0.3) is 0 Å².